The molecule has 0 aliphatic rings. The first-order valence-electron chi connectivity index (χ1n) is 5.68. The molecule has 2 rings (SSSR count). The molecule has 0 saturated carbocycles. The van der Waals surface area contributed by atoms with Gasteiger partial charge < -0.3 is 9.84 Å². The van der Waals surface area contributed by atoms with Gasteiger partial charge in [-0.15, -0.1) is 0 Å². The number of aryl methyl sites for hydroxylation is 1. The molecule has 0 atom stereocenters. The zero-order chi connectivity index (χ0) is 12.5. The van der Waals surface area contributed by atoms with Crippen LogP contribution in [0.3, 0.4) is 0 Å². The van der Waals surface area contributed by atoms with Crippen molar-refractivity contribution in [3.8, 4) is 0 Å². The fourth-order valence-corrected chi connectivity index (χ4v) is 1.90. The molecule has 17 heavy (non-hydrogen) atoms. The van der Waals surface area contributed by atoms with Crippen molar-refractivity contribution in [1.82, 2.24) is 9.61 Å². The number of aromatic nitrogens is 2. The fraction of sp³-hybridized carbons (Fsp3) is 0.462. The zero-order valence-corrected chi connectivity index (χ0v) is 10.5. The number of ether oxygens (including phenoxy) is 1. The molecule has 2 aromatic rings. The van der Waals surface area contributed by atoms with Crippen molar-refractivity contribution in [2.45, 2.75) is 26.2 Å². The molecule has 0 aliphatic heterocycles. The van der Waals surface area contributed by atoms with Crippen molar-refractivity contribution >= 4 is 5.52 Å². The van der Waals surface area contributed by atoms with Crippen molar-refractivity contribution in [3.05, 3.63) is 35.7 Å². The van der Waals surface area contributed by atoms with Crippen LogP contribution in [0.5, 0.6) is 0 Å². The average molecular weight is 234 g/mol. The molecule has 0 amide bonds. The van der Waals surface area contributed by atoms with Gasteiger partial charge in [0, 0.05) is 11.6 Å². The number of nitrogens with zero attached hydrogens (tertiary/aromatic N) is 2. The molecule has 0 unspecified atom stereocenters. The third kappa shape index (κ3) is 2.33. The van der Waals surface area contributed by atoms with Crippen molar-refractivity contribution < 1.29 is 9.84 Å². The Morgan fingerprint density at radius 3 is 2.88 bits per heavy atom. The molecule has 92 valence electrons. The van der Waals surface area contributed by atoms with Gasteiger partial charge in [0.2, 0.25) is 0 Å². The Morgan fingerprint density at radius 1 is 1.41 bits per heavy atom. The quantitative estimate of drug-likeness (QED) is 0.822. The van der Waals surface area contributed by atoms with E-state index in [0.29, 0.717) is 6.61 Å². The normalized spacial score (nSPS) is 12.2. The molecule has 0 aromatic carbocycles. The van der Waals surface area contributed by atoms with Crippen LogP contribution in [0, 0.1) is 6.92 Å². The van der Waals surface area contributed by atoms with E-state index in [-0.39, 0.29) is 12.2 Å². The molecular weight excluding hydrogens is 216 g/mol. The SMILES string of the molecule is Cc1cnn2cc(C(C)(C)COCO)ccc12. The van der Waals surface area contributed by atoms with Gasteiger partial charge in [0.15, 0.2) is 0 Å². The van der Waals surface area contributed by atoms with Crippen LogP contribution in [-0.4, -0.2) is 28.1 Å². The molecule has 4 nitrogen and oxygen atoms in total. The van der Waals surface area contributed by atoms with Gasteiger partial charge in [0.1, 0.15) is 6.79 Å². The maximum atomic E-state index is 8.71. The molecule has 0 bridgehead atoms. The van der Waals surface area contributed by atoms with E-state index in [1.807, 2.05) is 23.8 Å². The molecule has 0 radical (unpaired) electrons. The Labute approximate surface area is 101 Å². The predicted molar refractivity (Wildman–Crippen MR) is 66.0 cm³/mol. The standard InChI is InChI=1S/C13H18N2O2/c1-10-6-14-15-7-11(4-5-12(10)15)13(2,3)8-17-9-16/h4-7,16H,8-9H2,1-3H3. The minimum absolute atomic E-state index is 0.142. The van der Waals surface area contributed by atoms with Crippen LogP contribution in [0.2, 0.25) is 0 Å². The molecule has 0 fully saturated rings. The van der Waals surface area contributed by atoms with E-state index >= 15 is 0 Å². The Kier molecular flexibility index (Phi) is 3.17. The lowest BCUT2D eigenvalue weighted by Gasteiger charge is -2.24. The summed E-state index contributed by atoms with van der Waals surface area (Å²) in [7, 11) is 0. The monoisotopic (exact) mass is 234 g/mol. The number of aliphatic hydroxyl groups excluding tert-OH is 1. The number of pyridine rings is 1. The van der Waals surface area contributed by atoms with E-state index in [1.54, 1.807) is 0 Å². The van der Waals surface area contributed by atoms with E-state index in [4.69, 9.17) is 9.84 Å². The fourth-order valence-electron chi connectivity index (χ4n) is 1.90. The van der Waals surface area contributed by atoms with Gasteiger partial charge in [-0.3, -0.25) is 0 Å². The van der Waals surface area contributed by atoms with Crippen molar-refractivity contribution in [3.63, 3.8) is 0 Å². The van der Waals surface area contributed by atoms with Crippen LogP contribution in [0.25, 0.3) is 5.52 Å². The summed E-state index contributed by atoms with van der Waals surface area (Å²) in [6.07, 6.45) is 3.87. The summed E-state index contributed by atoms with van der Waals surface area (Å²) in [4.78, 5) is 0. The molecule has 2 heterocycles. The van der Waals surface area contributed by atoms with Crippen LogP contribution >= 0.6 is 0 Å². The molecule has 0 aliphatic carbocycles. The number of aliphatic hydroxyl groups is 1. The first kappa shape index (κ1) is 12.1. The van der Waals surface area contributed by atoms with Gasteiger partial charge in [-0.2, -0.15) is 5.10 Å². The highest BCUT2D eigenvalue weighted by Crippen LogP contribution is 2.24. The van der Waals surface area contributed by atoms with E-state index in [2.05, 4.69) is 31.1 Å². The number of hydrogen-bond donors (Lipinski definition) is 1. The lowest BCUT2D eigenvalue weighted by molar-refractivity contribution is -0.0199. The maximum absolute atomic E-state index is 8.71. The second-order valence-corrected chi connectivity index (χ2v) is 4.94. The smallest absolute Gasteiger partial charge is 0.143 e. The van der Waals surface area contributed by atoms with E-state index in [1.165, 1.54) is 5.56 Å². The maximum Gasteiger partial charge on any atom is 0.143 e. The number of fused-ring (bicyclic) bond motifs is 1. The molecule has 0 spiro atoms. The molecular formula is C13H18N2O2. The minimum Gasteiger partial charge on any atom is -0.371 e. The van der Waals surface area contributed by atoms with E-state index in [9.17, 15) is 0 Å². The molecule has 2 aromatic heterocycles. The topological polar surface area (TPSA) is 46.8 Å². The van der Waals surface area contributed by atoms with E-state index in [0.717, 1.165) is 11.1 Å². The molecule has 4 heteroatoms. The highest BCUT2D eigenvalue weighted by atomic mass is 16.6. The number of rotatable bonds is 4. The zero-order valence-electron chi connectivity index (χ0n) is 10.5. The van der Waals surface area contributed by atoms with Gasteiger partial charge in [-0.25, -0.2) is 4.52 Å². The number of hydrogen-bond acceptors (Lipinski definition) is 3. The van der Waals surface area contributed by atoms with Gasteiger partial charge in [0.25, 0.3) is 0 Å². The molecule has 1 N–H and O–H groups in total. The summed E-state index contributed by atoms with van der Waals surface area (Å²) < 4.78 is 6.98. The Hall–Kier alpha value is -1.39. The summed E-state index contributed by atoms with van der Waals surface area (Å²) in [6, 6.07) is 4.16. The summed E-state index contributed by atoms with van der Waals surface area (Å²) >= 11 is 0. The minimum atomic E-state index is -0.243. The summed E-state index contributed by atoms with van der Waals surface area (Å²) in [5, 5.41) is 13.0. The Morgan fingerprint density at radius 2 is 2.18 bits per heavy atom. The lowest BCUT2D eigenvalue weighted by Crippen LogP contribution is -2.25. The Balaban J connectivity index is 2.35. The highest BCUT2D eigenvalue weighted by molar-refractivity contribution is 5.53. The third-order valence-electron chi connectivity index (χ3n) is 3.04. The van der Waals surface area contributed by atoms with Crippen LogP contribution in [-0.2, 0) is 10.2 Å². The second-order valence-electron chi connectivity index (χ2n) is 4.94. The summed E-state index contributed by atoms with van der Waals surface area (Å²) in [5.74, 6) is 0. The average Bonchev–Trinajstić information content (AvgIpc) is 2.68. The summed E-state index contributed by atoms with van der Waals surface area (Å²) in [5.41, 5.74) is 3.28. The predicted octanol–water partition coefficient (Wildman–Crippen LogP) is 1.89. The van der Waals surface area contributed by atoms with Crippen LogP contribution < -0.4 is 0 Å². The van der Waals surface area contributed by atoms with Gasteiger partial charge in [-0.1, -0.05) is 19.9 Å². The van der Waals surface area contributed by atoms with Crippen molar-refractivity contribution in [1.29, 1.82) is 0 Å². The molecule has 0 saturated heterocycles. The van der Waals surface area contributed by atoms with Crippen molar-refractivity contribution in [2.75, 3.05) is 13.4 Å². The van der Waals surface area contributed by atoms with Crippen LogP contribution in [0.15, 0.2) is 24.5 Å². The van der Waals surface area contributed by atoms with Crippen molar-refractivity contribution in [2.24, 2.45) is 0 Å². The first-order valence-corrected chi connectivity index (χ1v) is 5.68. The van der Waals surface area contributed by atoms with Gasteiger partial charge >= 0.3 is 0 Å². The Bertz CT molecular complexity index is 517. The summed E-state index contributed by atoms with van der Waals surface area (Å²) in [6.45, 7) is 6.45. The van der Waals surface area contributed by atoms with Gasteiger partial charge in [0.05, 0.1) is 18.3 Å². The van der Waals surface area contributed by atoms with Crippen LogP contribution in [0.4, 0.5) is 0 Å². The van der Waals surface area contributed by atoms with E-state index < -0.39 is 0 Å². The first-order chi connectivity index (χ1) is 8.04. The second kappa shape index (κ2) is 4.47. The van der Waals surface area contributed by atoms with Gasteiger partial charge in [-0.05, 0) is 24.1 Å². The van der Waals surface area contributed by atoms with Crippen LogP contribution in [0.1, 0.15) is 25.0 Å². The lowest BCUT2D eigenvalue weighted by atomic mass is 9.86. The highest BCUT2D eigenvalue weighted by Gasteiger charge is 2.21. The largest absolute Gasteiger partial charge is 0.371 e. The third-order valence-corrected chi connectivity index (χ3v) is 3.04.